The fraction of sp³-hybridized carbons (Fsp3) is 0.474. The Morgan fingerprint density at radius 2 is 2.04 bits per heavy atom. The maximum absolute atomic E-state index is 12.0. The number of carbonyl (C=O) groups excluding carboxylic acids is 1. The molecular formula is C19H28IN5O2S. The first kappa shape index (κ1) is 24.3. The Kier molecular flexibility index (Phi) is 10.4. The second-order valence-electron chi connectivity index (χ2n) is 6.02. The number of carbonyl (C=O) groups is 1. The predicted molar refractivity (Wildman–Crippen MR) is 124 cm³/mol. The van der Waals surface area contributed by atoms with Crippen molar-refractivity contribution >= 4 is 47.2 Å². The molecule has 9 heteroatoms. The number of thiazole rings is 1. The molecule has 0 fully saturated rings. The van der Waals surface area contributed by atoms with Crippen molar-refractivity contribution in [3.8, 4) is 0 Å². The molecule has 0 amide bonds. The minimum Gasteiger partial charge on any atom is -0.462 e. The van der Waals surface area contributed by atoms with E-state index in [1.54, 1.807) is 6.92 Å². The predicted octanol–water partition coefficient (Wildman–Crippen LogP) is 3.77. The third-order valence-corrected chi connectivity index (χ3v) is 5.01. The summed E-state index contributed by atoms with van der Waals surface area (Å²) in [6.07, 6.45) is 0. The van der Waals surface area contributed by atoms with E-state index < -0.39 is 0 Å². The van der Waals surface area contributed by atoms with Crippen LogP contribution in [0.5, 0.6) is 0 Å². The first-order valence-corrected chi connectivity index (χ1v) is 9.88. The summed E-state index contributed by atoms with van der Waals surface area (Å²) in [5.74, 6) is 0.357. The van der Waals surface area contributed by atoms with Gasteiger partial charge in [-0.25, -0.2) is 14.8 Å². The lowest BCUT2D eigenvalue weighted by atomic mass is 10.3. The summed E-state index contributed by atoms with van der Waals surface area (Å²) >= 11 is 1.35. The van der Waals surface area contributed by atoms with Crippen LogP contribution in [0, 0.1) is 13.8 Å². The highest BCUT2D eigenvalue weighted by Crippen LogP contribution is 2.24. The maximum atomic E-state index is 12.0. The summed E-state index contributed by atoms with van der Waals surface area (Å²) in [4.78, 5) is 26.1. The molecule has 7 nitrogen and oxygen atoms in total. The molecule has 0 aliphatic heterocycles. The SMILES string of the molecule is CCNC(=NCc1cccc(C)n1)NC(C)c1nc(C)c(C(=O)OCC)s1.I. The van der Waals surface area contributed by atoms with Crippen LogP contribution in [-0.2, 0) is 11.3 Å². The molecule has 0 aromatic carbocycles. The number of aromatic nitrogens is 2. The van der Waals surface area contributed by atoms with Crippen molar-refractivity contribution in [2.24, 2.45) is 4.99 Å². The van der Waals surface area contributed by atoms with Gasteiger partial charge in [0.25, 0.3) is 0 Å². The quantitative estimate of drug-likeness (QED) is 0.252. The van der Waals surface area contributed by atoms with Gasteiger partial charge in [0.1, 0.15) is 9.88 Å². The van der Waals surface area contributed by atoms with Gasteiger partial charge in [0, 0.05) is 12.2 Å². The Morgan fingerprint density at radius 1 is 1.29 bits per heavy atom. The molecule has 0 radical (unpaired) electrons. The van der Waals surface area contributed by atoms with Crippen LogP contribution in [0.3, 0.4) is 0 Å². The number of pyridine rings is 1. The van der Waals surface area contributed by atoms with Gasteiger partial charge in [-0.05, 0) is 46.8 Å². The van der Waals surface area contributed by atoms with Crippen molar-refractivity contribution < 1.29 is 9.53 Å². The number of ether oxygens (including phenoxy) is 1. The molecule has 0 aliphatic rings. The Morgan fingerprint density at radius 3 is 2.68 bits per heavy atom. The Balaban J connectivity index is 0.00000392. The molecule has 0 bridgehead atoms. The number of nitrogens with zero attached hydrogens (tertiary/aromatic N) is 3. The third kappa shape index (κ3) is 7.01. The van der Waals surface area contributed by atoms with Crippen LogP contribution >= 0.6 is 35.3 Å². The number of hydrogen-bond donors (Lipinski definition) is 2. The maximum Gasteiger partial charge on any atom is 0.350 e. The zero-order valence-corrected chi connectivity index (χ0v) is 20.1. The zero-order chi connectivity index (χ0) is 19.8. The summed E-state index contributed by atoms with van der Waals surface area (Å²) in [6, 6.07) is 5.80. The summed E-state index contributed by atoms with van der Waals surface area (Å²) in [7, 11) is 0. The Hall–Kier alpha value is -1.75. The molecular weight excluding hydrogens is 489 g/mol. The molecule has 0 saturated heterocycles. The van der Waals surface area contributed by atoms with Crippen LogP contribution in [-0.4, -0.2) is 35.0 Å². The first-order chi connectivity index (χ1) is 12.9. The second kappa shape index (κ2) is 11.9. The standard InChI is InChI=1S/C19H27N5O2S.HI/c1-6-20-19(21-11-15-10-8-9-12(3)22-15)24-14(5)17-23-13(4)16(27-17)18(25)26-7-2;/h8-10,14H,6-7,11H2,1-5H3,(H2,20,21,24);1H. The van der Waals surface area contributed by atoms with E-state index in [0.29, 0.717) is 29.7 Å². The highest BCUT2D eigenvalue weighted by Gasteiger charge is 2.20. The molecule has 2 rings (SSSR count). The van der Waals surface area contributed by atoms with E-state index in [1.807, 2.05) is 45.9 Å². The lowest BCUT2D eigenvalue weighted by molar-refractivity contribution is 0.0531. The lowest BCUT2D eigenvalue weighted by Gasteiger charge is -2.16. The van der Waals surface area contributed by atoms with Crippen molar-refractivity contribution in [1.29, 1.82) is 0 Å². The van der Waals surface area contributed by atoms with E-state index in [9.17, 15) is 4.79 Å². The number of hydrogen-bond acceptors (Lipinski definition) is 6. The van der Waals surface area contributed by atoms with Gasteiger partial charge in [0.05, 0.1) is 30.6 Å². The number of esters is 1. The van der Waals surface area contributed by atoms with E-state index in [0.717, 1.165) is 22.9 Å². The summed E-state index contributed by atoms with van der Waals surface area (Å²) < 4.78 is 5.09. The van der Waals surface area contributed by atoms with Gasteiger partial charge < -0.3 is 15.4 Å². The van der Waals surface area contributed by atoms with Crippen LogP contribution in [0.1, 0.15) is 58.6 Å². The molecule has 2 heterocycles. The number of halogens is 1. The van der Waals surface area contributed by atoms with E-state index in [4.69, 9.17) is 4.74 Å². The molecule has 2 N–H and O–H groups in total. The molecule has 28 heavy (non-hydrogen) atoms. The minimum absolute atomic E-state index is 0. The average Bonchev–Trinajstić information content (AvgIpc) is 3.02. The van der Waals surface area contributed by atoms with Crippen LogP contribution in [0.15, 0.2) is 23.2 Å². The van der Waals surface area contributed by atoms with Gasteiger partial charge in [0.2, 0.25) is 0 Å². The molecule has 1 atom stereocenters. The van der Waals surface area contributed by atoms with Crippen LogP contribution in [0.2, 0.25) is 0 Å². The molecule has 0 spiro atoms. The molecule has 0 aliphatic carbocycles. The highest BCUT2D eigenvalue weighted by molar-refractivity contribution is 14.0. The number of aliphatic imine (C=N–C) groups is 1. The van der Waals surface area contributed by atoms with E-state index >= 15 is 0 Å². The normalized spacial score (nSPS) is 12.1. The van der Waals surface area contributed by atoms with E-state index in [1.165, 1.54) is 11.3 Å². The second-order valence-corrected chi connectivity index (χ2v) is 7.05. The monoisotopic (exact) mass is 517 g/mol. The number of nitrogens with one attached hydrogen (secondary N) is 2. The number of guanidine groups is 1. The summed E-state index contributed by atoms with van der Waals surface area (Å²) in [5.41, 5.74) is 2.57. The molecule has 1 unspecified atom stereocenters. The van der Waals surface area contributed by atoms with Crippen molar-refractivity contribution in [2.75, 3.05) is 13.2 Å². The average molecular weight is 517 g/mol. The van der Waals surface area contributed by atoms with Gasteiger partial charge in [-0.15, -0.1) is 35.3 Å². The minimum atomic E-state index is -0.322. The summed E-state index contributed by atoms with van der Waals surface area (Å²) in [5, 5.41) is 7.38. The fourth-order valence-electron chi connectivity index (χ4n) is 2.42. The van der Waals surface area contributed by atoms with Gasteiger partial charge in [-0.1, -0.05) is 6.07 Å². The van der Waals surface area contributed by atoms with Crippen molar-refractivity contribution in [3.63, 3.8) is 0 Å². The largest absolute Gasteiger partial charge is 0.462 e. The third-order valence-electron chi connectivity index (χ3n) is 3.69. The number of rotatable bonds is 7. The van der Waals surface area contributed by atoms with Gasteiger partial charge in [0.15, 0.2) is 5.96 Å². The van der Waals surface area contributed by atoms with Crippen LogP contribution < -0.4 is 10.6 Å². The zero-order valence-electron chi connectivity index (χ0n) is 16.9. The van der Waals surface area contributed by atoms with Gasteiger partial charge in [-0.2, -0.15) is 0 Å². The van der Waals surface area contributed by atoms with E-state index in [-0.39, 0.29) is 36.0 Å². The van der Waals surface area contributed by atoms with Gasteiger partial charge in [-0.3, -0.25) is 4.98 Å². The molecule has 2 aromatic rings. The van der Waals surface area contributed by atoms with Crippen molar-refractivity contribution in [2.45, 2.75) is 47.2 Å². The molecule has 0 saturated carbocycles. The van der Waals surface area contributed by atoms with Crippen molar-refractivity contribution in [1.82, 2.24) is 20.6 Å². The van der Waals surface area contributed by atoms with Crippen molar-refractivity contribution in [3.05, 3.63) is 45.2 Å². The van der Waals surface area contributed by atoms with Crippen LogP contribution in [0.25, 0.3) is 0 Å². The number of aryl methyl sites for hydroxylation is 2. The molecule has 154 valence electrons. The Labute approximate surface area is 187 Å². The highest BCUT2D eigenvalue weighted by atomic mass is 127. The smallest absolute Gasteiger partial charge is 0.350 e. The summed E-state index contributed by atoms with van der Waals surface area (Å²) in [6.45, 7) is 11.2. The molecule has 2 aromatic heterocycles. The lowest BCUT2D eigenvalue weighted by Crippen LogP contribution is -2.38. The fourth-order valence-corrected chi connectivity index (χ4v) is 3.39. The van der Waals surface area contributed by atoms with Crippen LogP contribution in [0.4, 0.5) is 0 Å². The van der Waals surface area contributed by atoms with E-state index in [2.05, 4.69) is 25.6 Å². The van der Waals surface area contributed by atoms with Gasteiger partial charge >= 0.3 is 5.97 Å². The topological polar surface area (TPSA) is 88.5 Å². The first-order valence-electron chi connectivity index (χ1n) is 9.06. The Bertz CT molecular complexity index is 809.